The molecule has 0 saturated heterocycles. The average molecular weight is 329 g/mol. The van der Waals surface area contributed by atoms with Crippen molar-refractivity contribution in [3.8, 4) is 0 Å². The van der Waals surface area contributed by atoms with Gasteiger partial charge in [-0.25, -0.2) is 9.37 Å². The number of pyridine rings is 1. The van der Waals surface area contributed by atoms with Crippen LogP contribution in [0.3, 0.4) is 0 Å². The van der Waals surface area contributed by atoms with Gasteiger partial charge in [0, 0.05) is 24.2 Å². The van der Waals surface area contributed by atoms with E-state index in [2.05, 4.69) is 10.3 Å². The van der Waals surface area contributed by atoms with Gasteiger partial charge in [-0.05, 0) is 36.8 Å². The molecule has 3 rings (SSSR count). The predicted molar refractivity (Wildman–Crippen MR) is 93.0 cm³/mol. The van der Waals surface area contributed by atoms with Crippen LogP contribution >= 0.6 is 11.3 Å². The molecular weight excluding hydrogens is 313 g/mol. The van der Waals surface area contributed by atoms with Crippen molar-refractivity contribution < 1.29 is 9.18 Å². The number of hydrogen-bond acceptors (Lipinski definition) is 4. The van der Waals surface area contributed by atoms with Gasteiger partial charge in [0.1, 0.15) is 11.6 Å². The Morgan fingerprint density at radius 3 is 2.65 bits per heavy atom. The number of carbonyl (C=O) groups is 1. The zero-order chi connectivity index (χ0) is 16.6. The van der Waals surface area contributed by atoms with Gasteiger partial charge in [0.25, 0.3) is 5.91 Å². The fraction of sp³-hybridized carbons (Fsp3) is 0.176. The first-order valence-corrected chi connectivity index (χ1v) is 7.91. The predicted octanol–water partition coefficient (Wildman–Crippen LogP) is 4.06. The number of hydrogen-bond donors (Lipinski definition) is 1. The Bertz CT molecular complexity index is 871. The summed E-state index contributed by atoms with van der Waals surface area (Å²) < 4.78 is 14.7. The maximum absolute atomic E-state index is 13.9. The maximum atomic E-state index is 13.9. The summed E-state index contributed by atoms with van der Waals surface area (Å²) in [4.78, 5) is 19.1. The number of halogens is 1. The number of anilines is 2. The number of aryl methyl sites for hydroxylation is 1. The third kappa shape index (κ3) is 2.90. The van der Waals surface area contributed by atoms with E-state index in [0.717, 1.165) is 10.5 Å². The Labute approximate surface area is 137 Å². The van der Waals surface area contributed by atoms with Crippen molar-refractivity contribution in [2.75, 3.05) is 24.3 Å². The van der Waals surface area contributed by atoms with E-state index in [-0.39, 0.29) is 11.7 Å². The molecule has 0 aliphatic carbocycles. The van der Waals surface area contributed by atoms with Gasteiger partial charge >= 0.3 is 0 Å². The lowest BCUT2D eigenvalue weighted by Gasteiger charge is -2.11. The molecule has 6 heteroatoms. The highest BCUT2D eigenvalue weighted by Gasteiger charge is 2.18. The molecule has 4 nitrogen and oxygen atoms in total. The molecule has 3 aromatic rings. The SMILES string of the molecule is Cc1c(C(=O)Nc2ccc(N(C)C)nc2)sc2cccc(F)c12. The molecule has 0 aliphatic heterocycles. The largest absolute Gasteiger partial charge is 0.363 e. The van der Waals surface area contributed by atoms with Crippen molar-refractivity contribution in [3.63, 3.8) is 0 Å². The van der Waals surface area contributed by atoms with E-state index < -0.39 is 0 Å². The number of benzene rings is 1. The quantitative estimate of drug-likeness (QED) is 0.788. The Kier molecular flexibility index (Phi) is 4.00. The molecule has 2 heterocycles. The summed E-state index contributed by atoms with van der Waals surface area (Å²) in [6.07, 6.45) is 1.61. The van der Waals surface area contributed by atoms with E-state index in [4.69, 9.17) is 0 Å². The highest BCUT2D eigenvalue weighted by Crippen LogP contribution is 2.33. The number of amides is 1. The molecule has 0 aliphatic rings. The fourth-order valence-electron chi connectivity index (χ4n) is 2.38. The fourth-order valence-corrected chi connectivity index (χ4v) is 3.50. The van der Waals surface area contributed by atoms with Gasteiger partial charge in [-0.2, -0.15) is 0 Å². The molecule has 2 aromatic heterocycles. The molecular formula is C17H16FN3OS. The Morgan fingerprint density at radius 1 is 1.26 bits per heavy atom. The number of aromatic nitrogens is 1. The second-order valence-corrected chi connectivity index (χ2v) is 6.47. The smallest absolute Gasteiger partial charge is 0.266 e. The van der Waals surface area contributed by atoms with E-state index >= 15 is 0 Å². The normalized spacial score (nSPS) is 10.8. The number of carbonyl (C=O) groups excluding carboxylic acids is 1. The minimum atomic E-state index is -0.299. The third-order valence-corrected chi connectivity index (χ3v) is 4.83. The van der Waals surface area contributed by atoms with Gasteiger partial charge in [0.2, 0.25) is 0 Å². The third-order valence-electron chi connectivity index (χ3n) is 3.57. The summed E-state index contributed by atoms with van der Waals surface area (Å²) in [5.74, 6) is 0.262. The van der Waals surface area contributed by atoms with Crippen LogP contribution in [0.5, 0.6) is 0 Å². The molecule has 0 saturated carbocycles. The van der Waals surface area contributed by atoms with Gasteiger partial charge in [-0.1, -0.05) is 6.07 Å². The van der Waals surface area contributed by atoms with Crippen molar-refractivity contribution in [2.45, 2.75) is 6.92 Å². The van der Waals surface area contributed by atoms with Crippen molar-refractivity contribution in [1.82, 2.24) is 4.98 Å². The Morgan fingerprint density at radius 2 is 2.04 bits per heavy atom. The summed E-state index contributed by atoms with van der Waals surface area (Å²) in [5.41, 5.74) is 1.27. The first kappa shape index (κ1) is 15.4. The first-order valence-electron chi connectivity index (χ1n) is 7.09. The van der Waals surface area contributed by atoms with Crippen LogP contribution in [0.2, 0.25) is 0 Å². The van der Waals surface area contributed by atoms with Crippen LogP contribution in [0.4, 0.5) is 15.9 Å². The Balaban J connectivity index is 1.89. The molecule has 1 N–H and O–H groups in total. The van der Waals surface area contributed by atoms with E-state index in [1.165, 1.54) is 17.4 Å². The monoisotopic (exact) mass is 329 g/mol. The zero-order valence-electron chi connectivity index (χ0n) is 13.1. The summed E-state index contributed by atoms with van der Waals surface area (Å²) >= 11 is 1.29. The van der Waals surface area contributed by atoms with Gasteiger partial charge in [0.05, 0.1) is 16.8 Å². The van der Waals surface area contributed by atoms with Crippen molar-refractivity contribution in [2.24, 2.45) is 0 Å². The molecule has 1 aromatic carbocycles. The van der Waals surface area contributed by atoms with Gasteiger partial charge < -0.3 is 10.2 Å². The van der Waals surface area contributed by atoms with Crippen LogP contribution in [0, 0.1) is 12.7 Å². The summed E-state index contributed by atoms with van der Waals surface area (Å²) in [5, 5.41) is 3.33. The lowest BCUT2D eigenvalue weighted by atomic mass is 10.1. The van der Waals surface area contributed by atoms with Crippen molar-refractivity contribution in [1.29, 1.82) is 0 Å². The molecule has 118 valence electrons. The van der Waals surface area contributed by atoms with E-state index in [1.807, 2.05) is 31.1 Å². The van der Waals surface area contributed by atoms with Crippen LogP contribution in [-0.2, 0) is 0 Å². The average Bonchev–Trinajstić information content (AvgIpc) is 2.86. The second-order valence-electron chi connectivity index (χ2n) is 5.42. The van der Waals surface area contributed by atoms with Crippen LogP contribution < -0.4 is 10.2 Å². The summed E-state index contributed by atoms with van der Waals surface area (Å²) in [7, 11) is 3.80. The lowest BCUT2D eigenvalue weighted by Crippen LogP contribution is -2.13. The van der Waals surface area contributed by atoms with Crippen LogP contribution in [-0.4, -0.2) is 25.0 Å². The first-order chi connectivity index (χ1) is 11.0. The number of fused-ring (bicyclic) bond motifs is 1. The van der Waals surface area contributed by atoms with E-state index in [1.54, 1.807) is 25.3 Å². The zero-order valence-corrected chi connectivity index (χ0v) is 13.9. The maximum Gasteiger partial charge on any atom is 0.266 e. The van der Waals surface area contributed by atoms with Crippen LogP contribution in [0.25, 0.3) is 10.1 Å². The van der Waals surface area contributed by atoms with Gasteiger partial charge in [0.15, 0.2) is 0 Å². The summed E-state index contributed by atoms with van der Waals surface area (Å²) in [6.45, 7) is 1.77. The molecule has 0 radical (unpaired) electrons. The molecule has 1 amide bonds. The van der Waals surface area contributed by atoms with Gasteiger partial charge in [-0.15, -0.1) is 11.3 Å². The van der Waals surface area contributed by atoms with E-state index in [9.17, 15) is 9.18 Å². The van der Waals surface area contributed by atoms with Crippen molar-refractivity contribution >= 4 is 38.8 Å². The molecule has 0 fully saturated rings. The van der Waals surface area contributed by atoms with Crippen LogP contribution in [0.1, 0.15) is 15.2 Å². The van der Waals surface area contributed by atoms with E-state index in [0.29, 0.717) is 21.5 Å². The van der Waals surface area contributed by atoms with Gasteiger partial charge in [-0.3, -0.25) is 4.79 Å². The number of nitrogens with one attached hydrogen (secondary N) is 1. The topological polar surface area (TPSA) is 45.2 Å². The molecule has 0 spiro atoms. The second kappa shape index (κ2) is 5.96. The highest BCUT2D eigenvalue weighted by atomic mass is 32.1. The lowest BCUT2D eigenvalue weighted by molar-refractivity contribution is 0.103. The Hall–Kier alpha value is -2.47. The highest BCUT2D eigenvalue weighted by molar-refractivity contribution is 7.21. The number of rotatable bonds is 3. The van der Waals surface area contributed by atoms with Crippen LogP contribution in [0.15, 0.2) is 36.5 Å². The number of thiophene rings is 1. The molecule has 0 atom stereocenters. The number of nitrogens with zero attached hydrogens (tertiary/aromatic N) is 2. The standard InChI is InChI=1S/C17H16FN3OS/c1-10-15-12(18)5-4-6-13(15)23-16(10)17(22)20-11-7-8-14(19-9-11)21(2)3/h4-9H,1-3H3,(H,20,22). The minimum absolute atomic E-state index is 0.248. The minimum Gasteiger partial charge on any atom is -0.363 e. The molecule has 0 bridgehead atoms. The summed E-state index contributed by atoms with van der Waals surface area (Å²) in [6, 6.07) is 8.50. The molecule has 0 unspecified atom stereocenters. The molecule has 23 heavy (non-hydrogen) atoms. The van der Waals surface area contributed by atoms with Crippen molar-refractivity contribution in [3.05, 3.63) is 52.8 Å².